The largest absolute Gasteiger partial charge is 0.417 e. The quantitative estimate of drug-likeness (QED) is 0.811. The molecule has 2 atom stereocenters. The highest BCUT2D eigenvalue weighted by molar-refractivity contribution is 5.25. The van der Waals surface area contributed by atoms with Crippen LogP contribution in [0.5, 0.6) is 0 Å². The summed E-state index contributed by atoms with van der Waals surface area (Å²) in [4.78, 5) is 3.64. The third-order valence-electron chi connectivity index (χ3n) is 3.16. The zero-order valence-electron chi connectivity index (χ0n) is 10.3. The molecular formula is C13H15F3N2. The Morgan fingerprint density at radius 1 is 1.39 bits per heavy atom. The molecule has 0 radical (unpaired) electrons. The van der Waals surface area contributed by atoms with Crippen LogP contribution in [0.3, 0.4) is 0 Å². The summed E-state index contributed by atoms with van der Waals surface area (Å²) >= 11 is 0. The number of pyridine rings is 1. The van der Waals surface area contributed by atoms with Gasteiger partial charge in [0.25, 0.3) is 0 Å². The van der Waals surface area contributed by atoms with Crippen molar-refractivity contribution in [1.82, 2.24) is 4.98 Å². The van der Waals surface area contributed by atoms with Crippen molar-refractivity contribution >= 4 is 0 Å². The van der Waals surface area contributed by atoms with Crippen LogP contribution in [-0.2, 0) is 6.18 Å². The summed E-state index contributed by atoms with van der Waals surface area (Å²) in [7, 11) is 0. The normalized spacial score (nSPS) is 14.9. The zero-order chi connectivity index (χ0) is 13.8. The van der Waals surface area contributed by atoms with E-state index in [-0.39, 0.29) is 18.3 Å². The third kappa shape index (κ3) is 3.46. The van der Waals surface area contributed by atoms with Crippen molar-refractivity contribution < 1.29 is 13.2 Å². The summed E-state index contributed by atoms with van der Waals surface area (Å²) in [5.74, 6) is -0.0512. The summed E-state index contributed by atoms with van der Waals surface area (Å²) in [6, 6.07) is 3.13. The summed E-state index contributed by atoms with van der Waals surface area (Å²) in [5.41, 5.74) is -0.271. The molecule has 0 aliphatic rings. The highest BCUT2D eigenvalue weighted by Crippen LogP contribution is 2.34. The SMILES string of the molecule is CCC(C)C(CC#N)c1cncc(C(F)(F)F)c1. The maximum absolute atomic E-state index is 12.6. The second-order valence-electron chi connectivity index (χ2n) is 4.36. The Bertz CT molecular complexity index is 435. The van der Waals surface area contributed by atoms with Gasteiger partial charge in [0.15, 0.2) is 0 Å². The van der Waals surface area contributed by atoms with Crippen LogP contribution in [0.1, 0.15) is 43.7 Å². The summed E-state index contributed by atoms with van der Waals surface area (Å²) in [5, 5.41) is 8.78. The fourth-order valence-electron chi connectivity index (χ4n) is 1.85. The number of halogens is 3. The van der Waals surface area contributed by atoms with Gasteiger partial charge in [0.2, 0.25) is 0 Å². The Hall–Kier alpha value is -1.57. The Balaban J connectivity index is 3.10. The maximum Gasteiger partial charge on any atom is 0.417 e. The summed E-state index contributed by atoms with van der Waals surface area (Å²) in [6.45, 7) is 3.89. The van der Waals surface area contributed by atoms with Gasteiger partial charge in [-0.3, -0.25) is 4.98 Å². The van der Waals surface area contributed by atoms with Crippen LogP contribution in [0.4, 0.5) is 13.2 Å². The van der Waals surface area contributed by atoms with Crippen LogP contribution in [0.2, 0.25) is 0 Å². The smallest absolute Gasteiger partial charge is 0.264 e. The lowest BCUT2D eigenvalue weighted by molar-refractivity contribution is -0.137. The monoisotopic (exact) mass is 256 g/mol. The van der Waals surface area contributed by atoms with Crippen molar-refractivity contribution in [3.8, 4) is 6.07 Å². The molecule has 18 heavy (non-hydrogen) atoms. The van der Waals surface area contributed by atoms with Crippen molar-refractivity contribution in [3.63, 3.8) is 0 Å². The van der Waals surface area contributed by atoms with Gasteiger partial charge in [-0.1, -0.05) is 20.3 Å². The van der Waals surface area contributed by atoms with Crippen molar-refractivity contribution in [3.05, 3.63) is 29.6 Å². The first-order chi connectivity index (χ1) is 8.40. The molecule has 0 fully saturated rings. The van der Waals surface area contributed by atoms with Gasteiger partial charge < -0.3 is 0 Å². The highest BCUT2D eigenvalue weighted by atomic mass is 19.4. The first-order valence-corrected chi connectivity index (χ1v) is 5.79. The zero-order valence-corrected chi connectivity index (χ0v) is 10.3. The molecule has 98 valence electrons. The molecule has 1 aromatic heterocycles. The predicted molar refractivity (Wildman–Crippen MR) is 61.7 cm³/mol. The second-order valence-corrected chi connectivity index (χ2v) is 4.36. The maximum atomic E-state index is 12.6. The van der Waals surface area contributed by atoms with Crippen molar-refractivity contribution in [2.45, 2.75) is 38.8 Å². The summed E-state index contributed by atoms with van der Waals surface area (Å²) < 4.78 is 37.8. The van der Waals surface area contributed by atoms with Crippen LogP contribution >= 0.6 is 0 Å². The molecular weight excluding hydrogens is 241 g/mol. The average molecular weight is 256 g/mol. The fraction of sp³-hybridized carbons (Fsp3) is 0.538. The Labute approximate surface area is 104 Å². The highest BCUT2D eigenvalue weighted by Gasteiger charge is 2.32. The number of nitriles is 1. The number of rotatable bonds is 4. The van der Waals surface area contributed by atoms with Crippen LogP contribution in [0.25, 0.3) is 0 Å². The van der Waals surface area contributed by atoms with E-state index in [2.05, 4.69) is 4.98 Å². The van der Waals surface area contributed by atoms with Gasteiger partial charge in [0, 0.05) is 24.7 Å². The van der Waals surface area contributed by atoms with Crippen LogP contribution in [0.15, 0.2) is 18.5 Å². The molecule has 0 aliphatic carbocycles. The lowest BCUT2D eigenvalue weighted by Crippen LogP contribution is -2.12. The molecule has 0 amide bonds. The molecule has 0 saturated carbocycles. The van der Waals surface area contributed by atoms with Gasteiger partial charge in [-0.2, -0.15) is 18.4 Å². The number of hydrogen-bond acceptors (Lipinski definition) is 2. The predicted octanol–water partition coefficient (Wildman–Crippen LogP) is 4.14. The lowest BCUT2D eigenvalue weighted by atomic mass is 9.84. The van der Waals surface area contributed by atoms with E-state index in [4.69, 9.17) is 5.26 Å². The van der Waals surface area contributed by atoms with Gasteiger partial charge in [-0.15, -0.1) is 0 Å². The van der Waals surface area contributed by atoms with Crippen molar-refractivity contribution in [2.24, 2.45) is 5.92 Å². The Morgan fingerprint density at radius 2 is 2.06 bits per heavy atom. The summed E-state index contributed by atoms with van der Waals surface area (Å²) in [6.07, 6.45) is -1.15. The van der Waals surface area contributed by atoms with Crippen LogP contribution < -0.4 is 0 Å². The van der Waals surface area contributed by atoms with Gasteiger partial charge in [0.1, 0.15) is 0 Å². The molecule has 0 aliphatic heterocycles. The molecule has 5 heteroatoms. The molecule has 1 aromatic rings. The third-order valence-corrected chi connectivity index (χ3v) is 3.16. The molecule has 0 aromatic carbocycles. The van der Waals surface area contributed by atoms with Crippen molar-refractivity contribution in [2.75, 3.05) is 0 Å². The van der Waals surface area contributed by atoms with Gasteiger partial charge >= 0.3 is 6.18 Å². The number of aromatic nitrogens is 1. The van der Waals surface area contributed by atoms with E-state index >= 15 is 0 Å². The lowest BCUT2D eigenvalue weighted by Gasteiger charge is -2.21. The van der Waals surface area contributed by atoms with Gasteiger partial charge in [-0.25, -0.2) is 0 Å². The first kappa shape index (κ1) is 14.5. The average Bonchev–Trinajstić information content (AvgIpc) is 2.34. The van der Waals surface area contributed by atoms with Crippen molar-refractivity contribution in [1.29, 1.82) is 5.26 Å². The van der Waals surface area contributed by atoms with Gasteiger partial charge in [-0.05, 0) is 17.5 Å². The minimum atomic E-state index is -4.39. The number of alkyl halides is 3. The molecule has 1 heterocycles. The minimum Gasteiger partial charge on any atom is -0.264 e. The van der Waals surface area contributed by atoms with Crippen LogP contribution in [-0.4, -0.2) is 4.98 Å². The van der Waals surface area contributed by atoms with Gasteiger partial charge in [0.05, 0.1) is 11.6 Å². The van der Waals surface area contributed by atoms with E-state index in [0.29, 0.717) is 5.56 Å². The van der Waals surface area contributed by atoms with E-state index in [1.165, 1.54) is 6.20 Å². The molecule has 0 spiro atoms. The molecule has 0 saturated heterocycles. The Morgan fingerprint density at radius 3 is 2.56 bits per heavy atom. The second kappa shape index (κ2) is 5.85. The number of hydrogen-bond donors (Lipinski definition) is 0. The molecule has 0 bridgehead atoms. The fourth-order valence-corrected chi connectivity index (χ4v) is 1.85. The molecule has 1 rings (SSSR count). The van der Waals surface area contributed by atoms with Crippen LogP contribution in [0, 0.1) is 17.2 Å². The molecule has 0 N–H and O–H groups in total. The number of nitrogens with zero attached hydrogens (tertiary/aromatic N) is 2. The van der Waals surface area contributed by atoms with E-state index in [9.17, 15) is 13.2 Å². The topological polar surface area (TPSA) is 36.7 Å². The molecule has 2 nitrogen and oxygen atoms in total. The van der Waals surface area contributed by atoms with E-state index in [1.807, 2.05) is 19.9 Å². The molecule has 2 unspecified atom stereocenters. The van der Waals surface area contributed by atoms with E-state index in [0.717, 1.165) is 18.7 Å². The standard InChI is InChI=1S/C13H15F3N2/c1-3-9(2)12(4-5-17)10-6-11(8-18-7-10)13(14,15)16/h6-9,12H,3-4H2,1-2H3. The van der Waals surface area contributed by atoms with E-state index in [1.54, 1.807) is 0 Å². The van der Waals surface area contributed by atoms with E-state index < -0.39 is 11.7 Å². The minimum absolute atomic E-state index is 0.148. The Kier molecular flexibility index (Phi) is 4.71. The first-order valence-electron chi connectivity index (χ1n) is 5.79.